The predicted molar refractivity (Wildman–Crippen MR) is 108 cm³/mol. The Morgan fingerprint density at radius 3 is 2.69 bits per heavy atom. The Morgan fingerprint density at radius 1 is 1.19 bits per heavy atom. The van der Waals surface area contributed by atoms with E-state index in [1.807, 2.05) is 35.2 Å². The molecule has 1 N–H and O–H groups in total. The predicted octanol–water partition coefficient (Wildman–Crippen LogP) is 4.04. The molecule has 1 saturated heterocycles. The molecule has 4 rings (SSSR count). The normalized spacial score (nSPS) is 18.9. The summed E-state index contributed by atoms with van der Waals surface area (Å²) in [5.74, 6) is 0.943. The van der Waals surface area contributed by atoms with Crippen molar-refractivity contribution < 1.29 is 10.0 Å². The van der Waals surface area contributed by atoms with E-state index < -0.39 is 0 Å². The lowest BCUT2D eigenvalue weighted by Crippen LogP contribution is -2.48. The smallest absolute Gasteiger partial charge is 0.264 e. The van der Waals surface area contributed by atoms with Gasteiger partial charge >= 0.3 is 0 Å². The van der Waals surface area contributed by atoms with Gasteiger partial charge in [0.2, 0.25) is 0 Å². The number of amides is 1. The maximum atomic E-state index is 12.9. The van der Waals surface area contributed by atoms with Gasteiger partial charge in [-0.2, -0.15) is 0 Å². The molecule has 0 spiro atoms. The number of carbonyl (C=O) groups excluding carboxylic acids is 1. The van der Waals surface area contributed by atoms with Crippen molar-refractivity contribution in [1.29, 1.82) is 0 Å². The summed E-state index contributed by atoms with van der Waals surface area (Å²) < 4.78 is 1.07. The number of para-hydroxylation sites is 1. The van der Waals surface area contributed by atoms with Crippen LogP contribution in [0.3, 0.4) is 0 Å². The molecule has 1 fully saturated rings. The number of thiophene rings is 1. The molecule has 0 unspecified atom stereocenters. The van der Waals surface area contributed by atoms with E-state index in [9.17, 15) is 4.79 Å². The first-order chi connectivity index (χ1) is 12.7. The Bertz CT molecular complexity index is 860. The third kappa shape index (κ3) is 3.31. The molecular formula is C18H18ClN3O2S2. The molecule has 2 aromatic rings. The van der Waals surface area contributed by atoms with Gasteiger partial charge in [0.25, 0.3) is 5.91 Å². The first-order valence-electron chi connectivity index (χ1n) is 8.44. The highest BCUT2D eigenvalue weighted by Gasteiger charge is 2.27. The SMILES string of the molecule is O=C(c1cc2c(s1)SCCC2=NO)N1CCN(c2ccccc2Cl)CC1. The van der Waals surface area contributed by atoms with Gasteiger partial charge in [0.05, 0.1) is 25.5 Å². The van der Waals surface area contributed by atoms with Crippen molar-refractivity contribution in [3.8, 4) is 0 Å². The van der Waals surface area contributed by atoms with Crippen LogP contribution in [0.25, 0.3) is 0 Å². The van der Waals surface area contributed by atoms with E-state index in [4.69, 9.17) is 16.8 Å². The van der Waals surface area contributed by atoms with E-state index in [0.29, 0.717) is 18.8 Å². The van der Waals surface area contributed by atoms with Gasteiger partial charge in [-0.25, -0.2) is 0 Å². The number of anilines is 1. The zero-order chi connectivity index (χ0) is 18.1. The Labute approximate surface area is 165 Å². The molecule has 1 aromatic heterocycles. The molecule has 1 amide bonds. The van der Waals surface area contributed by atoms with E-state index >= 15 is 0 Å². The summed E-state index contributed by atoms with van der Waals surface area (Å²) in [6, 6.07) is 9.69. The fourth-order valence-corrected chi connectivity index (χ4v) is 5.98. The second-order valence-electron chi connectivity index (χ2n) is 6.19. The third-order valence-electron chi connectivity index (χ3n) is 4.67. The van der Waals surface area contributed by atoms with Crippen LogP contribution in [0.4, 0.5) is 5.69 Å². The van der Waals surface area contributed by atoms with Crippen LogP contribution in [-0.4, -0.2) is 53.7 Å². The third-order valence-corrected chi connectivity index (χ3v) is 7.40. The van der Waals surface area contributed by atoms with Gasteiger partial charge in [-0.1, -0.05) is 28.9 Å². The number of nitrogens with zero attached hydrogens (tertiary/aromatic N) is 3. The van der Waals surface area contributed by atoms with Gasteiger partial charge in [0, 0.05) is 43.9 Å². The standard InChI is InChI=1S/C18H18ClN3O2S2/c19-13-3-1-2-4-15(13)21-6-8-22(9-7-21)17(23)16-11-12-14(20-24)5-10-25-18(12)26-16/h1-4,11,24H,5-10H2. The van der Waals surface area contributed by atoms with Gasteiger partial charge in [0.15, 0.2) is 0 Å². The fraction of sp³-hybridized carbons (Fsp3) is 0.333. The number of carbonyl (C=O) groups is 1. The van der Waals surface area contributed by atoms with Crippen molar-refractivity contribution in [2.75, 3.05) is 36.8 Å². The molecule has 2 aliphatic rings. The van der Waals surface area contributed by atoms with Gasteiger partial charge in [-0.3, -0.25) is 4.79 Å². The number of thioether (sulfide) groups is 1. The largest absolute Gasteiger partial charge is 0.411 e. The summed E-state index contributed by atoms with van der Waals surface area (Å²) >= 11 is 9.51. The molecule has 0 atom stereocenters. The minimum absolute atomic E-state index is 0.0566. The molecule has 1 aromatic carbocycles. The number of halogens is 1. The minimum atomic E-state index is 0.0566. The summed E-state index contributed by atoms with van der Waals surface area (Å²) in [6.07, 6.45) is 0.731. The van der Waals surface area contributed by atoms with Gasteiger partial charge in [-0.05, 0) is 18.2 Å². The van der Waals surface area contributed by atoms with Crippen molar-refractivity contribution in [3.63, 3.8) is 0 Å². The highest BCUT2D eigenvalue weighted by molar-refractivity contribution is 8.01. The molecule has 0 radical (unpaired) electrons. The highest BCUT2D eigenvalue weighted by Crippen LogP contribution is 2.38. The Morgan fingerprint density at radius 2 is 1.96 bits per heavy atom. The quantitative estimate of drug-likeness (QED) is 0.603. The molecule has 0 bridgehead atoms. The lowest BCUT2D eigenvalue weighted by molar-refractivity contribution is 0.0751. The van der Waals surface area contributed by atoms with Crippen LogP contribution in [0.1, 0.15) is 21.7 Å². The summed E-state index contributed by atoms with van der Waals surface area (Å²) in [7, 11) is 0. The molecule has 2 aliphatic heterocycles. The summed E-state index contributed by atoms with van der Waals surface area (Å²) in [4.78, 5) is 17.7. The lowest BCUT2D eigenvalue weighted by atomic mass is 10.1. The topological polar surface area (TPSA) is 56.1 Å². The van der Waals surface area contributed by atoms with E-state index in [1.54, 1.807) is 11.8 Å². The molecule has 0 aliphatic carbocycles. The van der Waals surface area contributed by atoms with Gasteiger partial charge in [-0.15, -0.1) is 23.1 Å². The summed E-state index contributed by atoms with van der Waals surface area (Å²) in [6.45, 7) is 2.86. The molecule has 8 heteroatoms. The second kappa shape index (κ2) is 7.50. The Balaban J connectivity index is 1.46. The number of piperazine rings is 1. The number of hydrogen-bond acceptors (Lipinski definition) is 6. The number of benzene rings is 1. The maximum absolute atomic E-state index is 12.9. The molecular weight excluding hydrogens is 390 g/mol. The number of hydrogen-bond donors (Lipinski definition) is 1. The van der Waals surface area contributed by atoms with Crippen LogP contribution >= 0.6 is 34.7 Å². The van der Waals surface area contributed by atoms with Gasteiger partial charge in [0.1, 0.15) is 0 Å². The number of oxime groups is 1. The monoisotopic (exact) mass is 407 g/mol. The first-order valence-corrected chi connectivity index (χ1v) is 10.6. The average molecular weight is 408 g/mol. The molecule has 26 heavy (non-hydrogen) atoms. The lowest BCUT2D eigenvalue weighted by Gasteiger charge is -2.36. The van der Waals surface area contributed by atoms with E-state index in [1.165, 1.54) is 11.3 Å². The zero-order valence-electron chi connectivity index (χ0n) is 14.0. The molecule has 0 saturated carbocycles. The second-order valence-corrected chi connectivity index (χ2v) is 9.01. The van der Waals surface area contributed by atoms with Crippen LogP contribution in [0.2, 0.25) is 5.02 Å². The van der Waals surface area contributed by atoms with E-state index in [2.05, 4.69) is 10.1 Å². The number of fused-ring (bicyclic) bond motifs is 1. The van der Waals surface area contributed by atoms with Crippen molar-refractivity contribution in [2.45, 2.75) is 10.6 Å². The molecule has 5 nitrogen and oxygen atoms in total. The summed E-state index contributed by atoms with van der Waals surface area (Å²) in [5, 5.41) is 13.3. The van der Waals surface area contributed by atoms with Crippen molar-refractivity contribution in [2.24, 2.45) is 5.16 Å². The highest BCUT2D eigenvalue weighted by atomic mass is 35.5. The van der Waals surface area contributed by atoms with E-state index in [-0.39, 0.29) is 5.91 Å². The van der Waals surface area contributed by atoms with Gasteiger partial charge < -0.3 is 15.0 Å². The van der Waals surface area contributed by atoms with Crippen molar-refractivity contribution in [3.05, 3.63) is 45.8 Å². The number of rotatable bonds is 2. The average Bonchev–Trinajstić information content (AvgIpc) is 3.12. The maximum Gasteiger partial charge on any atom is 0.264 e. The van der Waals surface area contributed by atoms with Crippen molar-refractivity contribution >= 4 is 52.0 Å². The first kappa shape index (κ1) is 17.7. The van der Waals surface area contributed by atoms with E-state index in [0.717, 1.165) is 50.6 Å². The Kier molecular flexibility index (Phi) is 5.11. The molecule has 3 heterocycles. The van der Waals surface area contributed by atoms with Crippen LogP contribution in [0.5, 0.6) is 0 Å². The van der Waals surface area contributed by atoms with Crippen LogP contribution in [0.15, 0.2) is 39.7 Å². The fourth-order valence-electron chi connectivity index (χ4n) is 3.28. The Hall–Kier alpha value is -1.70. The zero-order valence-corrected chi connectivity index (χ0v) is 16.4. The van der Waals surface area contributed by atoms with Crippen LogP contribution < -0.4 is 4.90 Å². The minimum Gasteiger partial charge on any atom is -0.411 e. The van der Waals surface area contributed by atoms with Crippen molar-refractivity contribution in [1.82, 2.24) is 4.90 Å². The van der Waals surface area contributed by atoms with Crippen LogP contribution in [0, 0.1) is 0 Å². The summed E-state index contributed by atoms with van der Waals surface area (Å²) in [5.41, 5.74) is 2.61. The van der Waals surface area contributed by atoms with Crippen LogP contribution in [-0.2, 0) is 0 Å². The molecule has 136 valence electrons.